The van der Waals surface area contributed by atoms with E-state index in [1.807, 2.05) is 12.1 Å². The molecule has 0 unspecified atom stereocenters. The van der Waals surface area contributed by atoms with Crippen LogP contribution in [0, 0.1) is 0 Å². The first-order valence-electron chi connectivity index (χ1n) is 8.24. The third kappa shape index (κ3) is 3.10. The van der Waals surface area contributed by atoms with E-state index in [0.29, 0.717) is 22.3 Å². The molecule has 2 aromatic carbocycles. The Morgan fingerprint density at radius 1 is 0.833 bits per heavy atom. The molecule has 2 aromatic rings. The van der Waals surface area contributed by atoms with Gasteiger partial charge < -0.3 is 9.80 Å². The number of carbonyl (C=O) groups excluding carboxylic acids is 2. The van der Waals surface area contributed by atoms with E-state index in [9.17, 15) is 9.59 Å². The van der Waals surface area contributed by atoms with E-state index in [1.54, 1.807) is 30.3 Å². The molecule has 0 fully saturated rings. The number of hydrogen-bond acceptors (Lipinski definition) is 3. The van der Waals surface area contributed by atoms with E-state index < -0.39 is 0 Å². The van der Waals surface area contributed by atoms with E-state index >= 15 is 0 Å². The summed E-state index contributed by atoms with van der Waals surface area (Å²) < 4.78 is 0.902. The number of nitrogens with one attached hydrogen (secondary N) is 1. The second-order valence-electron chi connectivity index (χ2n) is 7.23. The zero-order valence-electron chi connectivity index (χ0n) is 14.4. The number of rotatable bonds is 5. The van der Waals surface area contributed by atoms with Crippen LogP contribution in [0.4, 0.5) is 5.69 Å². The average molecular weight is 323 g/mol. The number of carbonyl (C=O) groups is 2. The van der Waals surface area contributed by atoms with Gasteiger partial charge in [-0.3, -0.25) is 9.59 Å². The Morgan fingerprint density at radius 3 is 2.12 bits per heavy atom. The van der Waals surface area contributed by atoms with Crippen LogP contribution in [0.25, 0.3) is 0 Å². The highest BCUT2D eigenvalue weighted by molar-refractivity contribution is 6.30. The average Bonchev–Trinajstić information content (AvgIpc) is 2.55. The predicted octanol–water partition coefficient (Wildman–Crippen LogP) is 2.97. The lowest BCUT2D eigenvalue weighted by molar-refractivity contribution is -0.870. The Morgan fingerprint density at radius 2 is 1.46 bits per heavy atom. The summed E-state index contributed by atoms with van der Waals surface area (Å²) in [6.45, 7) is 1.81. The fourth-order valence-electron chi connectivity index (χ4n) is 3.07. The number of hydrogen-bond donors (Lipinski definition) is 1. The quantitative estimate of drug-likeness (QED) is 0.580. The standard InChI is InChI=1S/C20H22N2O2/c1-22(2,3)13-7-12-21-17-11-6-10-16-18(17)20(24)15-9-5-4-8-14(15)19(16)23/h4-6,8-11H,7,12-13H2,1-3H3/p+1. The van der Waals surface area contributed by atoms with E-state index in [2.05, 4.69) is 26.5 Å². The number of ketones is 2. The van der Waals surface area contributed by atoms with Crippen molar-refractivity contribution in [2.24, 2.45) is 0 Å². The minimum Gasteiger partial charge on any atom is -0.384 e. The van der Waals surface area contributed by atoms with Crippen molar-refractivity contribution < 1.29 is 14.1 Å². The van der Waals surface area contributed by atoms with Crippen LogP contribution in [0.15, 0.2) is 42.5 Å². The number of benzene rings is 2. The molecule has 0 atom stereocenters. The van der Waals surface area contributed by atoms with Crippen molar-refractivity contribution in [3.05, 3.63) is 64.7 Å². The number of nitrogens with zero attached hydrogens (tertiary/aromatic N) is 1. The highest BCUT2D eigenvalue weighted by Crippen LogP contribution is 2.31. The Hall–Kier alpha value is -2.46. The smallest absolute Gasteiger partial charge is 0.196 e. The second kappa shape index (κ2) is 6.21. The molecule has 0 spiro atoms. The fraction of sp³-hybridized carbons (Fsp3) is 0.300. The van der Waals surface area contributed by atoms with Crippen molar-refractivity contribution in [3.63, 3.8) is 0 Å². The lowest BCUT2D eigenvalue weighted by atomic mass is 9.83. The van der Waals surface area contributed by atoms with Crippen LogP contribution in [0.5, 0.6) is 0 Å². The van der Waals surface area contributed by atoms with Crippen molar-refractivity contribution in [1.29, 1.82) is 0 Å². The molecule has 24 heavy (non-hydrogen) atoms. The van der Waals surface area contributed by atoms with Gasteiger partial charge in [0.1, 0.15) is 0 Å². The maximum Gasteiger partial charge on any atom is 0.196 e. The first-order chi connectivity index (χ1) is 11.4. The molecule has 124 valence electrons. The molecule has 0 saturated heterocycles. The fourth-order valence-corrected chi connectivity index (χ4v) is 3.07. The zero-order chi connectivity index (χ0) is 17.3. The summed E-state index contributed by atoms with van der Waals surface area (Å²) >= 11 is 0. The molecule has 1 N–H and O–H groups in total. The van der Waals surface area contributed by atoms with Gasteiger partial charge in [-0.05, 0) is 6.07 Å². The molecule has 0 amide bonds. The summed E-state index contributed by atoms with van der Waals surface area (Å²) in [6, 6.07) is 12.5. The van der Waals surface area contributed by atoms with Gasteiger partial charge in [-0.25, -0.2) is 0 Å². The number of anilines is 1. The van der Waals surface area contributed by atoms with Crippen molar-refractivity contribution in [2.75, 3.05) is 39.5 Å². The van der Waals surface area contributed by atoms with Crippen LogP contribution in [0.3, 0.4) is 0 Å². The van der Waals surface area contributed by atoms with Gasteiger partial charge in [-0.2, -0.15) is 0 Å². The van der Waals surface area contributed by atoms with Gasteiger partial charge in [0.2, 0.25) is 0 Å². The minimum absolute atomic E-state index is 0.0739. The molecular weight excluding hydrogens is 300 g/mol. The molecule has 4 heteroatoms. The highest BCUT2D eigenvalue weighted by Gasteiger charge is 2.31. The van der Waals surface area contributed by atoms with Gasteiger partial charge in [0, 0.05) is 35.3 Å². The summed E-state index contributed by atoms with van der Waals surface area (Å²) in [5.41, 5.74) is 2.75. The first-order valence-corrected chi connectivity index (χ1v) is 8.24. The van der Waals surface area contributed by atoms with Crippen molar-refractivity contribution >= 4 is 17.3 Å². The molecule has 0 saturated carbocycles. The lowest BCUT2D eigenvalue weighted by Crippen LogP contribution is -2.36. The van der Waals surface area contributed by atoms with Crippen molar-refractivity contribution in [3.8, 4) is 0 Å². The SMILES string of the molecule is C[N+](C)(C)CCCNc1cccc2c1C(=O)c1ccccc1C2=O. The topological polar surface area (TPSA) is 46.2 Å². The summed E-state index contributed by atoms with van der Waals surface area (Å²) in [4.78, 5) is 25.6. The van der Waals surface area contributed by atoms with Crippen LogP contribution < -0.4 is 5.32 Å². The molecule has 0 aliphatic heterocycles. The maximum absolute atomic E-state index is 12.9. The molecule has 3 rings (SSSR count). The van der Waals surface area contributed by atoms with Gasteiger partial charge in [-0.15, -0.1) is 0 Å². The molecule has 0 aromatic heterocycles. The molecule has 1 aliphatic rings. The summed E-state index contributed by atoms with van der Waals surface area (Å²) in [5.74, 6) is -0.148. The zero-order valence-corrected chi connectivity index (χ0v) is 14.4. The first kappa shape index (κ1) is 16.4. The molecule has 0 radical (unpaired) electrons. The Kier molecular flexibility index (Phi) is 4.24. The van der Waals surface area contributed by atoms with Crippen LogP contribution in [-0.4, -0.2) is 50.3 Å². The van der Waals surface area contributed by atoms with Crippen molar-refractivity contribution in [2.45, 2.75) is 6.42 Å². The van der Waals surface area contributed by atoms with E-state index in [4.69, 9.17) is 0 Å². The number of quaternary nitrogens is 1. The molecular formula is C20H23N2O2+. The molecule has 1 aliphatic carbocycles. The monoisotopic (exact) mass is 323 g/mol. The van der Waals surface area contributed by atoms with Gasteiger partial charge in [0.05, 0.1) is 33.3 Å². The lowest BCUT2D eigenvalue weighted by Gasteiger charge is -2.24. The Labute approximate surface area is 142 Å². The van der Waals surface area contributed by atoms with Crippen LogP contribution in [0.2, 0.25) is 0 Å². The van der Waals surface area contributed by atoms with E-state index in [-0.39, 0.29) is 11.6 Å². The minimum atomic E-state index is -0.0742. The van der Waals surface area contributed by atoms with Crippen LogP contribution in [0.1, 0.15) is 38.3 Å². The number of fused-ring (bicyclic) bond motifs is 2. The highest BCUT2D eigenvalue weighted by atomic mass is 16.1. The van der Waals surface area contributed by atoms with E-state index in [1.165, 1.54) is 0 Å². The molecule has 4 nitrogen and oxygen atoms in total. The van der Waals surface area contributed by atoms with Gasteiger partial charge in [0.25, 0.3) is 0 Å². The van der Waals surface area contributed by atoms with E-state index in [0.717, 1.165) is 29.7 Å². The maximum atomic E-state index is 12.9. The van der Waals surface area contributed by atoms with Gasteiger partial charge in [-0.1, -0.05) is 36.4 Å². The largest absolute Gasteiger partial charge is 0.384 e. The second-order valence-corrected chi connectivity index (χ2v) is 7.23. The third-order valence-corrected chi connectivity index (χ3v) is 4.27. The Balaban J connectivity index is 1.87. The molecule has 0 bridgehead atoms. The Bertz CT molecular complexity index is 804. The van der Waals surface area contributed by atoms with Crippen molar-refractivity contribution in [1.82, 2.24) is 0 Å². The summed E-state index contributed by atoms with van der Waals surface area (Å²) in [5, 5.41) is 3.34. The third-order valence-electron chi connectivity index (χ3n) is 4.27. The molecule has 0 heterocycles. The van der Waals surface area contributed by atoms with Gasteiger partial charge in [0.15, 0.2) is 11.6 Å². The summed E-state index contributed by atoms with van der Waals surface area (Å²) in [6.07, 6.45) is 0.992. The normalized spacial score (nSPS) is 13.5. The summed E-state index contributed by atoms with van der Waals surface area (Å²) in [7, 11) is 6.47. The predicted molar refractivity (Wildman–Crippen MR) is 95.8 cm³/mol. The van der Waals surface area contributed by atoms with Crippen LogP contribution >= 0.6 is 0 Å². The van der Waals surface area contributed by atoms with Gasteiger partial charge >= 0.3 is 0 Å². The van der Waals surface area contributed by atoms with Crippen LogP contribution in [-0.2, 0) is 0 Å².